The lowest BCUT2D eigenvalue weighted by atomic mass is 10.2. The summed E-state index contributed by atoms with van der Waals surface area (Å²) in [4.78, 5) is 0.219. The minimum Gasteiger partial charge on any atom is -0.493 e. The SMILES string of the molecule is COc1cc(Br)c(S(=O)(=O)N2CCCCC2)cc1OC. The molecule has 0 radical (unpaired) electrons. The number of benzene rings is 1. The molecule has 5 nitrogen and oxygen atoms in total. The average Bonchev–Trinajstić information content (AvgIpc) is 2.47. The van der Waals surface area contributed by atoms with Crippen molar-refractivity contribution in [3.63, 3.8) is 0 Å². The van der Waals surface area contributed by atoms with Gasteiger partial charge in [-0.3, -0.25) is 0 Å². The van der Waals surface area contributed by atoms with Crippen LogP contribution in [0.2, 0.25) is 0 Å². The topological polar surface area (TPSA) is 55.8 Å². The fourth-order valence-electron chi connectivity index (χ4n) is 2.28. The summed E-state index contributed by atoms with van der Waals surface area (Å²) in [6, 6.07) is 3.13. The highest BCUT2D eigenvalue weighted by atomic mass is 79.9. The van der Waals surface area contributed by atoms with Crippen molar-refractivity contribution in [3.8, 4) is 11.5 Å². The highest BCUT2D eigenvalue weighted by molar-refractivity contribution is 9.10. The van der Waals surface area contributed by atoms with Crippen LogP contribution < -0.4 is 9.47 Å². The molecule has 1 aliphatic heterocycles. The summed E-state index contributed by atoms with van der Waals surface area (Å²) in [6.07, 6.45) is 2.90. The summed E-state index contributed by atoms with van der Waals surface area (Å²) in [5, 5.41) is 0. The van der Waals surface area contributed by atoms with Crippen LogP contribution in [-0.2, 0) is 10.0 Å². The standard InChI is InChI=1S/C13H18BrNO4S/c1-18-11-8-10(14)13(9-12(11)19-2)20(16,17)15-6-4-3-5-7-15/h8-9H,3-7H2,1-2H3. The maximum Gasteiger partial charge on any atom is 0.244 e. The fraction of sp³-hybridized carbons (Fsp3) is 0.538. The summed E-state index contributed by atoms with van der Waals surface area (Å²) in [5.41, 5.74) is 0. The molecule has 0 aliphatic carbocycles. The van der Waals surface area contributed by atoms with Crippen molar-refractivity contribution in [1.82, 2.24) is 4.31 Å². The van der Waals surface area contributed by atoms with Gasteiger partial charge in [0.1, 0.15) is 4.90 Å². The van der Waals surface area contributed by atoms with Crippen molar-refractivity contribution < 1.29 is 17.9 Å². The number of hydrogen-bond donors (Lipinski definition) is 0. The molecule has 0 atom stereocenters. The van der Waals surface area contributed by atoms with E-state index in [1.165, 1.54) is 24.6 Å². The monoisotopic (exact) mass is 363 g/mol. The molecule has 112 valence electrons. The van der Waals surface area contributed by atoms with Crippen LogP contribution in [-0.4, -0.2) is 40.0 Å². The summed E-state index contributed by atoms with van der Waals surface area (Å²) >= 11 is 3.31. The molecule has 1 fully saturated rings. The quantitative estimate of drug-likeness (QED) is 0.824. The lowest BCUT2D eigenvalue weighted by Crippen LogP contribution is -2.35. The molecule has 0 amide bonds. The zero-order valence-corrected chi connectivity index (χ0v) is 14.0. The van der Waals surface area contributed by atoms with Gasteiger partial charge in [-0.2, -0.15) is 4.31 Å². The number of methoxy groups -OCH3 is 2. The molecule has 7 heteroatoms. The Morgan fingerprint density at radius 1 is 1.05 bits per heavy atom. The van der Waals surface area contributed by atoms with E-state index in [2.05, 4.69) is 15.9 Å². The van der Waals surface area contributed by atoms with Gasteiger partial charge in [-0.25, -0.2) is 8.42 Å². The normalized spacial score (nSPS) is 16.9. The fourth-order valence-corrected chi connectivity index (χ4v) is 4.79. The predicted octanol–water partition coefficient (Wildman–Crippen LogP) is 2.64. The first-order valence-corrected chi connectivity index (χ1v) is 8.65. The van der Waals surface area contributed by atoms with Crippen molar-refractivity contribution in [2.24, 2.45) is 0 Å². The van der Waals surface area contributed by atoms with Crippen molar-refractivity contribution in [2.75, 3.05) is 27.3 Å². The predicted molar refractivity (Wildman–Crippen MR) is 79.9 cm³/mol. The molecule has 1 heterocycles. The Balaban J connectivity index is 2.45. The van der Waals surface area contributed by atoms with E-state index in [1.807, 2.05) is 0 Å². The van der Waals surface area contributed by atoms with E-state index < -0.39 is 10.0 Å². The van der Waals surface area contributed by atoms with E-state index in [0.717, 1.165) is 19.3 Å². The molecule has 0 N–H and O–H groups in total. The van der Waals surface area contributed by atoms with Crippen LogP contribution >= 0.6 is 15.9 Å². The van der Waals surface area contributed by atoms with Gasteiger partial charge >= 0.3 is 0 Å². The molecule has 1 aromatic carbocycles. The van der Waals surface area contributed by atoms with Crippen LogP contribution in [0.5, 0.6) is 11.5 Å². The Kier molecular flexibility index (Phi) is 4.93. The summed E-state index contributed by atoms with van der Waals surface area (Å²) in [6.45, 7) is 1.15. The van der Waals surface area contributed by atoms with E-state index in [0.29, 0.717) is 29.1 Å². The van der Waals surface area contributed by atoms with E-state index in [9.17, 15) is 8.42 Å². The number of hydrogen-bond acceptors (Lipinski definition) is 4. The third-order valence-electron chi connectivity index (χ3n) is 3.37. The van der Waals surface area contributed by atoms with Crippen LogP contribution in [0.1, 0.15) is 19.3 Å². The van der Waals surface area contributed by atoms with Crippen LogP contribution in [0.15, 0.2) is 21.5 Å². The number of piperidine rings is 1. The maximum atomic E-state index is 12.7. The van der Waals surface area contributed by atoms with Gasteiger partial charge in [0.05, 0.1) is 14.2 Å². The van der Waals surface area contributed by atoms with Crippen LogP contribution in [0.3, 0.4) is 0 Å². The largest absolute Gasteiger partial charge is 0.493 e. The van der Waals surface area contributed by atoms with E-state index in [-0.39, 0.29) is 4.90 Å². The average molecular weight is 364 g/mol. The molecule has 1 aromatic rings. The first kappa shape index (κ1) is 15.6. The van der Waals surface area contributed by atoms with Gasteiger partial charge in [0, 0.05) is 23.6 Å². The molecule has 0 aromatic heterocycles. The van der Waals surface area contributed by atoms with Crippen molar-refractivity contribution in [1.29, 1.82) is 0 Å². The Bertz CT molecular complexity index is 582. The highest BCUT2D eigenvalue weighted by Crippen LogP contribution is 2.37. The van der Waals surface area contributed by atoms with Gasteiger partial charge in [-0.1, -0.05) is 6.42 Å². The second-order valence-electron chi connectivity index (χ2n) is 4.60. The smallest absolute Gasteiger partial charge is 0.244 e. The highest BCUT2D eigenvalue weighted by Gasteiger charge is 2.29. The van der Waals surface area contributed by atoms with E-state index in [1.54, 1.807) is 6.07 Å². The van der Waals surface area contributed by atoms with Crippen LogP contribution in [0.4, 0.5) is 0 Å². The summed E-state index contributed by atoms with van der Waals surface area (Å²) < 4.78 is 37.7. The lowest BCUT2D eigenvalue weighted by Gasteiger charge is -2.26. The zero-order chi connectivity index (χ0) is 14.8. The number of rotatable bonds is 4. The molecule has 2 rings (SSSR count). The van der Waals surface area contributed by atoms with Gasteiger partial charge in [0.25, 0.3) is 0 Å². The maximum absolute atomic E-state index is 12.7. The number of nitrogens with zero attached hydrogens (tertiary/aromatic N) is 1. The minimum atomic E-state index is -3.50. The Morgan fingerprint density at radius 2 is 1.60 bits per heavy atom. The molecule has 0 unspecified atom stereocenters. The number of sulfonamides is 1. The first-order chi connectivity index (χ1) is 9.50. The van der Waals surface area contributed by atoms with E-state index >= 15 is 0 Å². The van der Waals surface area contributed by atoms with Crippen LogP contribution in [0, 0.1) is 0 Å². The van der Waals surface area contributed by atoms with Gasteiger partial charge in [0.15, 0.2) is 11.5 Å². The molecular weight excluding hydrogens is 346 g/mol. The molecule has 20 heavy (non-hydrogen) atoms. The Hall–Kier alpha value is -0.790. The summed E-state index contributed by atoms with van der Waals surface area (Å²) in [5.74, 6) is 0.906. The molecular formula is C13H18BrNO4S. The third kappa shape index (κ3) is 2.94. The molecule has 0 bridgehead atoms. The molecule has 1 saturated heterocycles. The second-order valence-corrected chi connectivity index (χ2v) is 7.36. The molecule has 0 spiro atoms. The third-order valence-corrected chi connectivity index (χ3v) is 6.23. The minimum absolute atomic E-state index is 0.219. The Morgan fingerprint density at radius 3 is 2.15 bits per heavy atom. The lowest BCUT2D eigenvalue weighted by molar-refractivity contribution is 0.343. The number of halogens is 1. The number of ether oxygens (including phenoxy) is 2. The first-order valence-electron chi connectivity index (χ1n) is 6.42. The van der Waals surface area contributed by atoms with Gasteiger partial charge in [-0.15, -0.1) is 0 Å². The summed E-state index contributed by atoms with van der Waals surface area (Å²) in [7, 11) is -0.493. The van der Waals surface area contributed by atoms with Gasteiger partial charge in [-0.05, 0) is 34.8 Å². The Labute approximate surface area is 128 Å². The van der Waals surface area contributed by atoms with Crippen molar-refractivity contribution in [3.05, 3.63) is 16.6 Å². The van der Waals surface area contributed by atoms with Crippen molar-refractivity contribution in [2.45, 2.75) is 24.2 Å². The molecule has 1 aliphatic rings. The van der Waals surface area contributed by atoms with Crippen LogP contribution in [0.25, 0.3) is 0 Å². The molecule has 0 saturated carbocycles. The van der Waals surface area contributed by atoms with Crippen molar-refractivity contribution >= 4 is 26.0 Å². The second kappa shape index (κ2) is 6.32. The van der Waals surface area contributed by atoms with Gasteiger partial charge in [0.2, 0.25) is 10.0 Å². The van der Waals surface area contributed by atoms with Gasteiger partial charge < -0.3 is 9.47 Å². The zero-order valence-electron chi connectivity index (χ0n) is 11.6. The van der Waals surface area contributed by atoms with E-state index in [4.69, 9.17) is 9.47 Å².